The number of carbonyl (C=O) groups is 3. The summed E-state index contributed by atoms with van der Waals surface area (Å²) in [6.45, 7) is 6.51. The summed E-state index contributed by atoms with van der Waals surface area (Å²) < 4.78 is 16.8. The monoisotopic (exact) mass is 949 g/mol. The van der Waals surface area contributed by atoms with E-state index in [4.69, 9.17) is 14.2 Å². The fraction of sp³-hybridized carbons (Fsp3) is 0.758. The number of carbonyl (C=O) groups excluding carboxylic acids is 3. The summed E-state index contributed by atoms with van der Waals surface area (Å²) in [6, 6.07) is 0. The van der Waals surface area contributed by atoms with Crippen molar-refractivity contribution in [1.82, 2.24) is 0 Å². The molecule has 392 valence electrons. The molecule has 0 aromatic carbocycles. The molecule has 0 radical (unpaired) electrons. The molecule has 0 saturated heterocycles. The molecule has 0 aliphatic rings. The summed E-state index contributed by atoms with van der Waals surface area (Å²) >= 11 is 0. The van der Waals surface area contributed by atoms with Gasteiger partial charge in [0.15, 0.2) is 6.10 Å². The lowest BCUT2D eigenvalue weighted by molar-refractivity contribution is -0.167. The Hall–Kier alpha value is -3.15. The van der Waals surface area contributed by atoms with Crippen LogP contribution >= 0.6 is 0 Å². The second-order valence-corrected chi connectivity index (χ2v) is 19.2. The number of hydrogen-bond acceptors (Lipinski definition) is 6. The Bertz CT molecular complexity index is 1270. The molecule has 0 N–H and O–H groups in total. The summed E-state index contributed by atoms with van der Waals surface area (Å²) in [5.41, 5.74) is 0. The van der Waals surface area contributed by atoms with E-state index in [1.807, 2.05) is 0 Å². The molecular weight excluding hydrogens is 841 g/mol. The summed E-state index contributed by atoms with van der Waals surface area (Å²) in [6.07, 6.45) is 71.7. The molecule has 0 aliphatic heterocycles. The molecule has 0 aliphatic carbocycles. The molecule has 0 spiro atoms. The van der Waals surface area contributed by atoms with Gasteiger partial charge in [-0.15, -0.1) is 0 Å². The van der Waals surface area contributed by atoms with Gasteiger partial charge in [0, 0.05) is 19.3 Å². The van der Waals surface area contributed by atoms with E-state index >= 15 is 0 Å². The van der Waals surface area contributed by atoms with Crippen molar-refractivity contribution in [2.75, 3.05) is 13.2 Å². The van der Waals surface area contributed by atoms with Gasteiger partial charge in [0.1, 0.15) is 13.2 Å². The SMILES string of the molecule is CC/C=C\C/C=C\C/C=C\C/C=C\C/C=C\CCCCCC(=O)OCC(COC(=O)CCCCCCCCCCCCCCCCC)OC(=O)CCCCCCC/C=C\CCCCCCCCC. The Kier molecular flexibility index (Phi) is 53.8. The quantitative estimate of drug-likeness (QED) is 0.0262. The molecule has 68 heavy (non-hydrogen) atoms. The van der Waals surface area contributed by atoms with Crippen molar-refractivity contribution in [2.45, 2.75) is 290 Å². The lowest BCUT2D eigenvalue weighted by atomic mass is 10.0. The van der Waals surface area contributed by atoms with Gasteiger partial charge in [0.05, 0.1) is 0 Å². The van der Waals surface area contributed by atoms with Crippen LogP contribution in [0, 0.1) is 0 Å². The zero-order valence-corrected chi connectivity index (χ0v) is 44.9. The van der Waals surface area contributed by atoms with Crippen molar-refractivity contribution in [2.24, 2.45) is 0 Å². The number of allylic oxidation sites excluding steroid dienone is 12. The van der Waals surface area contributed by atoms with Crippen molar-refractivity contribution in [3.63, 3.8) is 0 Å². The van der Waals surface area contributed by atoms with E-state index in [1.165, 1.54) is 135 Å². The lowest BCUT2D eigenvalue weighted by Gasteiger charge is -2.18. The van der Waals surface area contributed by atoms with E-state index in [0.29, 0.717) is 19.3 Å². The molecule has 1 atom stereocenters. The maximum absolute atomic E-state index is 12.9. The highest BCUT2D eigenvalue weighted by atomic mass is 16.6. The van der Waals surface area contributed by atoms with Crippen LogP contribution in [0.25, 0.3) is 0 Å². The fourth-order valence-electron chi connectivity index (χ4n) is 8.11. The molecule has 0 fully saturated rings. The summed E-state index contributed by atoms with van der Waals surface area (Å²) in [7, 11) is 0. The molecule has 0 saturated carbocycles. The van der Waals surface area contributed by atoms with Crippen molar-refractivity contribution < 1.29 is 28.6 Å². The molecule has 0 aromatic heterocycles. The predicted molar refractivity (Wildman–Crippen MR) is 293 cm³/mol. The van der Waals surface area contributed by atoms with Crippen LogP contribution in [-0.2, 0) is 28.6 Å². The molecule has 6 nitrogen and oxygen atoms in total. The van der Waals surface area contributed by atoms with E-state index in [0.717, 1.165) is 109 Å². The minimum atomic E-state index is -0.792. The van der Waals surface area contributed by atoms with Gasteiger partial charge >= 0.3 is 17.9 Å². The van der Waals surface area contributed by atoms with Crippen molar-refractivity contribution in [3.8, 4) is 0 Å². The van der Waals surface area contributed by atoms with E-state index in [1.54, 1.807) is 0 Å². The van der Waals surface area contributed by atoms with E-state index < -0.39 is 6.10 Å². The highest BCUT2D eigenvalue weighted by Gasteiger charge is 2.19. The molecule has 0 aromatic rings. The molecule has 1 unspecified atom stereocenters. The lowest BCUT2D eigenvalue weighted by Crippen LogP contribution is -2.30. The average molecular weight is 950 g/mol. The van der Waals surface area contributed by atoms with Gasteiger partial charge in [0.2, 0.25) is 0 Å². The third kappa shape index (κ3) is 53.8. The Morgan fingerprint density at radius 1 is 0.309 bits per heavy atom. The Labute approximate surface area is 421 Å². The summed E-state index contributed by atoms with van der Waals surface area (Å²) in [4.78, 5) is 38.2. The second kappa shape index (κ2) is 56.4. The first-order valence-electron chi connectivity index (χ1n) is 28.9. The molecule has 0 rings (SSSR count). The fourth-order valence-corrected chi connectivity index (χ4v) is 8.11. The number of esters is 3. The van der Waals surface area contributed by atoms with Crippen LogP contribution in [0.15, 0.2) is 72.9 Å². The molecule has 6 heteroatoms. The van der Waals surface area contributed by atoms with Gasteiger partial charge < -0.3 is 14.2 Å². The first-order chi connectivity index (χ1) is 33.5. The van der Waals surface area contributed by atoms with Crippen LogP contribution < -0.4 is 0 Å². The molecule has 0 bridgehead atoms. The molecule has 0 heterocycles. The number of hydrogen-bond donors (Lipinski definition) is 0. The number of rotatable bonds is 52. The van der Waals surface area contributed by atoms with Gasteiger partial charge in [-0.3, -0.25) is 14.4 Å². The van der Waals surface area contributed by atoms with Crippen LogP contribution in [0.4, 0.5) is 0 Å². The third-order valence-electron chi connectivity index (χ3n) is 12.4. The third-order valence-corrected chi connectivity index (χ3v) is 12.4. The second-order valence-electron chi connectivity index (χ2n) is 19.2. The Morgan fingerprint density at radius 3 is 0.926 bits per heavy atom. The normalized spacial score (nSPS) is 12.6. The van der Waals surface area contributed by atoms with Gasteiger partial charge in [-0.25, -0.2) is 0 Å². The van der Waals surface area contributed by atoms with Gasteiger partial charge in [-0.1, -0.05) is 248 Å². The standard InChI is InChI=1S/C62H108O6/c1-4-7-10-13-16-19-22-25-28-30-31-32-35-37-40-43-46-49-52-55-61(64)67-58-59(57-66-60(63)54-51-48-45-42-39-36-33-27-24-21-18-15-12-9-6-3)68-62(65)56-53-50-47-44-41-38-34-29-26-23-20-17-14-11-8-5-2/h7,10,16,19,25,28-29,31-32,34,37,40,59H,4-6,8-9,11-15,17-18,20-24,26-27,30,33,35-36,38-39,41-58H2,1-3H3/b10-7-,19-16-,28-25-,32-31-,34-29-,40-37-. The van der Waals surface area contributed by atoms with Crippen molar-refractivity contribution >= 4 is 17.9 Å². The number of unbranched alkanes of at least 4 members (excludes halogenated alkanes) is 29. The van der Waals surface area contributed by atoms with E-state index in [2.05, 4.69) is 93.7 Å². The number of ether oxygens (including phenoxy) is 3. The highest BCUT2D eigenvalue weighted by Crippen LogP contribution is 2.16. The molecular formula is C62H108O6. The molecule has 0 amide bonds. The van der Waals surface area contributed by atoms with Crippen LogP contribution in [0.5, 0.6) is 0 Å². The first-order valence-corrected chi connectivity index (χ1v) is 28.9. The first kappa shape index (κ1) is 64.8. The average Bonchev–Trinajstić information content (AvgIpc) is 3.34. The zero-order chi connectivity index (χ0) is 49.3. The minimum absolute atomic E-state index is 0.0870. The van der Waals surface area contributed by atoms with Gasteiger partial charge in [-0.05, 0) is 89.9 Å². The van der Waals surface area contributed by atoms with Crippen molar-refractivity contribution in [3.05, 3.63) is 72.9 Å². The summed E-state index contributed by atoms with van der Waals surface area (Å²) in [5.74, 6) is -0.919. The van der Waals surface area contributed by atoms with E-state index in [9.17, 15) is 14.4 Å². The van der Waals surface area contributed by atoms with Crippen LogP contribution in [0.2, 0.25) is 0 Å². The largest absolute Gasteiger partial charge is 0.462 e. The topological polar surface area (TPSA) is 78.9 Å². The van der Waals surface area contributed by atoms with Crippen LogP contribution in [-0.4, -0.2) is 37.2 Å². The minimum Gasteiger partial charge on any atom is -0.462 e. The van der Waals surface area contributed by atoms with Crippen LogP contribution in [0.1, 0.15) is 284 Å². The smallest absolute Gasteiger partial charge is 0.306 e. The Morgan fingerprint density at radius 2 is 0.574 bits per heavy atom. The zero-order valence-electron chi connectivity index (χ0n) is 44.9. The van der Waals surface area contributed by atoms with Crippen LogP contribution in [0.3, 0.4) is 0 Å². The van der Waals surface area contributed by atoms with Gasteiger partial charge in [-0.2, -0.15) is 0 Å². The highest BCUT2D eigenvalue weighted by molar-refractivity contribution is 5.71. The van der Waals surface area contributed by atoms with Crippen molar-refractivity contribution in [1.29, 1.82) is 0 Å². The predicted octanol–water partition coefficient (Wildman–Crippen LogP) is 19.4. The maximum Gasteiger partial charge on any atom is 0.306 e. The van der Waals surface area contributed by atoms with Gasteiger partial charge in [0.25, 0.3) is 0 Å². The Balaban J connectivity index is 4.44. The van der Waals surface area contributed by atoms with E-state index in [-0.39, 0.29) is 31.1 Å². The maximum atomic E-state index is 12.9. The summed E-state index contributed by atoms with van der Waals surface area (Å²) in [5, 5.41) is 0.